The number of benzene rings is 1. The zero-order valence-electron chi connectivity index (χ0n) is 6.46. The van der Waals surface area contributed by atoms with Gasteiger partial charge in [0.1, 0.15) is 0 Å². The van der Waals surface area contributed by atoms with Gasteiger partial charge < -0.3 is 10.8 Å². The molecule has 0 spiro atoms. The van der Waals surface area contributed by atoms with Gasteiger partial charge >= 0.3 is 0 Å². The first-order valence-corrected chi connectivity index (χ1v) is 4.89. The normalized spacial score (nSPS) is 10.2. The lowest BCUT2D eigenvalue weighted by Gasteiger charge is -2.05. The van der Waals surface area contributed by atoms with Crippen molar-refractivity contribution in [2.24, 2.45) is 0 Å². The first-order valence-electron chi connectivity index (χ1n) is 3.53. The van der Waals surface area contributed by atoms with E-state index in [1.165, 1.54) is 11.8 Å². The molecule has 4 heteroatoms. The van der Waals surface area contributed by atoms with Crippen LogP contribution in [0.25, 0.3) is 0 Å². The lowest BCUT2D eigenvalue weighted by atomic mass is 10.3. The highest BCUT2D eigenvalue weighted by Gasteiger charge is 2.03. The topological polar surface area (TPSA) is 46.2 Å². The second-order valence-corrected chi connectivity index (χ2v) is 3.74. The first-order chi connectivity index (χ1) is 5.75. The van der Waals surface area contributed by atoms with E-state index in [9.17, 15) is 0 Å². The van der Waals surface area contributed by atoms with Crippen LogP contribution in [0.5, 0.6) is 0 Å². The molecule has 0 fully saturated rings. The van der Waals surface area contributed by atoms with E-state index in [0.29, 0.717) is 16.5 Å². The molecule has 0 unspecified atom stereocenters. The summed E-state index contributed by atoms with van der Waals surface area (Å²) in [7, 11) is 0. The molecule has 0 aliphatic rings. The third kappa shape index (κ3) is 2.30. The number of nitrogens with two attached hydrogens (primary N) is 1. The molecule has 12 heavy (non-hydrogen) atoms. The van der Waals surface area contributed by atoms with E-state index in [1.54, 1.807) is 18.2 Å². The summed E-state index contributed by atoms with van der Waals surface area (Å²) in [6.07, 6.45) is 0. The summed E-state index contributed by atoms with van der Waals surface area (Å²) in [5, 5.41) is 9.25. The van der Waals surface area contributed by atoms with E-state index in [1.807, 2.05) is 0 Å². The Morgan fingerprint density at radius 2 is 2.25 bits per heavy atom. The van der Waals surface area contributed by atoms with Gasteiger partial charge in [0, 0.05) is 16.3 Å². The Kier molecular flexibility index (Phi) is 3.72. The average molecular weight is 204 g/mol. The summed E-state index contributed by atoms with van der Waals surface area (Å²) in [5.41, 5.74) is 6.34. The molecule has 0 atom stereocenters. The minimum Gasteiger partial charge on any atom is -0.398 e. The van der Waals surface area contributed by atoms with Gasteiger partial charge in [-0.1, -0.05) is 17.7 Å². The van der Waals surface area contributed by atoms with Gasteiger partial charge in [-0.2, -0.15) is 0 Å². The van der Waals surface area contributed by atoms with Crippen molar-refractivity contribution in [3.8, 4) is 0 Å². The Labute approximate surface area is 80.7 Å². The molecular formula is C8H10ClNOS. The monoisotopic (exact) mass is 203 g/mol. The molecule has 0 heterocycles. The van der Waals surface area contributed by atoms with Crippen molar-refractivity contribution in [3.63, 3.8) is 0 Å². The summed E-state index contributed by atoms with van der Waals surface area (Å²) in [4.78, 5) is 0.855. The predicted molar refractivity (Wildman–Crippen MR) is 53.7 cm³/mol. The second kappa shape index (κ2) is 4.60. The van der Waals surface area contributed by atoms with Crippen molar-refractivity contribution in [1.29, 1.82) is 0 Å². The van der Waals surface area contributed by atoms with Crippen molar-refractivity contribution in [1.82, 2.24) is 0 Å². The van der Waals surface area contributed by atoms with Crippen LogP contribution in [0.4, 0.5) is 5.69 Å². The van der Waals surface area contributed by atoms with Crippen LogP contribution in [0.15, 0.2) is 23.1 Å². The van der Waals surface area contributed by atoms with Crippen LogP contribution in [-0.2, 0) is 0 Å². The summed E-state index contributed by atoms with van der Waals surface area (Å²) >= 11 is 7.35. The first kappa shape index (κ1) is 9.71. The average Bonchev–Trinajstić information content (AvgIpc) is 2.04. The van der Waals surface area contributed by atoms with Crippen LogP contribution < -0.4 is 5.73 Å². The van der Waals surface area contributed by atoms with Gasteiger partial charge in [-0.3, -0.25) is 0 Å². The third-order valence-corrected chi connectivity index (χ3v) is 2.89. The maximum Gasteiger partial charge on any atom is 0.0562 e. The molecule has 0 aromatic heterocycles. The lowest BCUT2D eigenvalue weighted by molar-refractivity contribution is 0.322. The molecular weight excluding hydrogens is 194 g/mol. The number of hydrogen-bond donors (Lipinski definition) is 2. The molecule has 0 bridgehead atoms. The number of hydrogen-bond acceptors (Lipinski definition) is 3. The molecule has 1 rings (SSSR count). The minimum absolute atomic E-state index is 0.134. The van der Waals surface area contributed by atoms with E-state index in [4.69, 9.17) is 22.4 Å². The standard InChI is InChI=1S/C8H10ClNOS/c9-6-2-1-3-7(10)8(6)12-5-4-11/h1-3,11H,4-5,10H2. The number of nitrogen functional groups attached to an aromatic ring is 1. The largest absolute Gasteiger partial charge is 0.398 e. The Hall–Kier alpha value is -0.380. The number of thioether (sulfide) groups is 1. The number of aliphatic hydroxyl groups excluding tert-OH is 1. The molecule has 0 radical (unpaired) electrons. The Balaban J connectivity index is 2.81. The molecule has 0 aliphatic carbocycles. The minimum atomic E-state index is 0.134. The Bertz CT molecular complexity index is 247. The van der Waals surface area contributed by atoms with E-state index in [0.717, 1.165) is 4.90 Å². The second-order valence-electron chi connectivity index (χ2n) is 2.23. The van der Waals surface area contributed by atoms with E-state index in [-0.39, 0.29) is 6.61 Å². The summed E-state index contributed by atoms with van der Waals surface area (Å²) < 4.78 is 0. The fourth-order valence-corrected chi connectivity index (χ4v) is 1.91. The van der Waals surface area contributed by atoms with Crippen molar-refractivity contribution in [2.45, 2.75) is 4.90 Å². The van der Waals surface area contributed by atoms with Crippen LogP contribution in [0.3, 0.4) is 0 Å². The maximum absolute atomic E-state index is 8.60. The third-order valence-electron chi connectivity index (χ3n) is 1.34. The highest BCUT2D eigenvalue weighted by molar-refractivity contribution is 7.99. The van der Waals surface area contributed by atoms with Crippen LogP contribution in [0, 0.1) is 0 Å². The fourth-order valence-electron chi connectivity index (χ4n) is 0.826. The van der Waals surface area contributed by atoms with Crippen molar-refractivity contribution in [2.75, 3.05) is 18.1 Å². The number of aliphatic hydroxyl groups is 1. The van der Waals surface area contributed by atoms with Gasteiger partial charge in [0.2, 0.25) is 0 Å². The highest BCUT2D eigenvalue weighted by Crippen LogP contribution is 2.31. The van der Waals surface area contributed by atoms with Crippen molar-refractivity contribution >= 4 is 29.1 Å². The quantitative estimate of drug-likeness (QED) is 0.584. The van der Waals surface area contributed by atoms with Gasteiger partial charge in [0.15, 0.2) is 0 Å². The molecule has 1 aromatic rings. The van der Waals surface area contributed by atoms with Crippen LogP contribution in [0.1, 0.15) is 0 Å². The van der Waals surface area contributed by atoms with E-state index < -0.39 is 0 Å². The van der Waals surface area contributed by atoms with Crippen LogP contribution in [0.2, 0.25) is 5.02 Å². The summed E-state index contributed by atoms with van der Waals surface area (Å²) in [5.74, 6) is 0.619. The van der Waals surface area contributed by atoms with Crippen LogP contribution in [-0.4, -0.2) is 17.5 Å². The maximum atomic E-state index is 8.60. The highest BCUT2D eigenvalue weighted by atomic mass is 35.5. The zero-order valence-corrected chi connectivity index (χ0v) is 8.03. The van der Waals surface area contributed by atoms with Gasteiger partial charge in [-0.15, -0.1) is 11.8 Å². The van der Waals surface area contributed by atoms with Crippen molar-refractivity contribution in [3.05, 3.63) is 23.2 Å². The molecule has 0 saturated carbocycles. The van der Waals surface area contributed by atoms with Gasteiger partial charge in [-0.25, -0.2) is 0 Å². The van der Waals surface area contributed by atoms with Gasteiger partial charge in [0.25, 0.3) is 0 Å². The molecule has 2 nitrogen and oxygen atoms in total. The molecule has 3 N–H and O–H groups in total. The number of anilines is 1. The smallest absolute Gasteiger partial charge is 0.0562 e. The van der Waals surface area contributed by atoms with Gasteiger partial charge in [0.05, 0.1) is 11.6 Å². The lowest BCUT2D eigenvalue weighted by Crippen LogP contribution is -1.91. The fraction of sp³-hybridized carbons (Fsp3) is 0.250. The van der Waals surface area contributed by atoms with E-state index in [2.05, 4.69) is 0 Å². The van der Waals surface area contributed by atoms with Crippen molar-refractivity contribution < 1.29 is 5.11 Å². The number of rotatable bonds is 3. The predicted octanol–water partition coefficient (Wildman–Crippen LogP) is 2.01. The van der Waals surface area contributed by atoms with Crippen LogP contribution >= 0.6 is 23.4 Å². The SMILES string of the molecule is Nc1cccc(Cl)c1SCCO. The summed E-state index contributed by atoms with van der Waals surface area (Å²) in [6, 6.07) is 5.39. The van der Waals surface area contributed by atoms with Gasteiger partial charge in [-0.05, 0) is 12.1 Å². The molecule has 0 amide bonds. The molecule has 66 valence electrons. The Morgan fingerprint density at radius 3 is 2.83 bits per heavy atom. The Morgan fingerprint density at radius 1 is 1.50 bits per heavy atom. The zero-order chi connectivity index (χ0) is 8.97. The summed E-state index contributed by atoms with van der Waals surface area (Å²) in [6.45, 7) is 0.134. The molecule has 0 saturated heterocycles. The van der Waals surface area contributed by atoms with E-state index >= 15 is 0 Å². The molecule has 1 aromatic carbocycles. The number of halogens is 1. The molecule has 0 aliphatic heterocycles.